The van der Waals surface area contributed by atoms with Crippen molar-refractivity contribution in [2.75, 3.05) is 0 Å². The van der Waals surface area contributed by atoms with Crippen LogP contribution in [-0.4, -0.2) is 5.11 Å². The van der Waals surface area contributed by atoms with Gasteiger partial charge in [-0.1, -0.05) is 29.8 Å². The molecule has 0 saturated carbocycles. The van der Waals surface area contributed by atoms with Gasteiger partial charge in [0.2, 0.25) is 0 Å². The Morgan fingerprint density at radius 2 is 2.09 bits per heavy atom. The summed E-state index contributed by atoms with van der Waals surface area (Å²) >= 11 is 5.49. The first-order valence-electron chi connectivity index (χ1n) is 3.31. The lowest BCUT2D eigenvalue weighted by molar-refractivity contribution is 0.473. The van der Waals surface area contributed by atoms with Crippen molar-refractivity contribution in [3.05, 3.63) is 35.4 Å². The molecule has 1 aromatic carbocycles. The molecule has 0 unspecified atom stereocenters. The lowest BCUT2D eigenvalue weighted by Crippen LogP contribution is -1.78. The van der Waals surface area contributed by atoms with Gasteiger partial charge in [0.1, 0.15) is 5.75 Å². The molecule has 0 radical (unpaired) electrons. The summed E-state index contributed by atoms with van der Waals surface area (Å²) in [6, 6.07) is 7.10. The summed E-state index contributed by atoms with van der Waals surface area (Å²) in [5.41, 5.74) is 3.10. The molecule has 11 heavy (non-hydrogen) atoms. The molecule has 2 heteroatoms. The first-order chi connectivity index (χ1) is 5.25. The predicted molar refractivity (Wildman–Crippen MR) is 47.6 cm³/mol. The predicted octanol–water partition coefficient (Wildman–Crippen LogP) is 2.99. The van der Waals surface area contributed by atoms with Crippen molar-refractivity contribution in [3.63, 3.8) is 0 Å². The summed E-state index contributed by atoms with van der Waals surface area (Å²) in [7, 11) is 0. The standard InChI is InChI=1S/C9H9ClO/c1-7(6-10)8-4-2-3-5-9(8)11/h2-6,11H,1H3/b7-6-. The third-order valence-electron chi connectivity index (χ3n) is 1.49. The van der Waals surface area contributed by atoms with Crippen molar-refractivity contribution < 1.29 is 5.11 Å². The van der Waals surface area contributed by atoms with Gasteiger partial charge in [0.05, 0.1) is 0 Å². The maximum absolute atomic E-state index is 9.31. The molecule has 0 aliphatic rings. The summed E-state index contributed by atoms with van der Waals surface area (Å²) in [5, 5.41) is 9.31. The van der Waals surface area contributed by atoms with E-state index in [1.807, 2.05) is 19.1 Å². The molecule has 0 heterocycles. The number of para-hydroxylation sites is 1. The maximum Gasteiger partial charge on any atom is 0.123 e. The summed E-state index contributed by atoms with van der Waals surface area (Å²) in [6.07, 6.45) is 0. The highest BCUT2D eigenvalue weighted by molar-refractivity contribution is 6.28. The number of hydrogen-bond acceptors (Lipinski definition) is 1. The third-order valence-corrected chi connectivity index (χ3v) is 1.82. The number of benzene rings is 1. The zero-order valence-electron chi connectivity index (χ0n) is 6.21. The molecule has 58 valence electrons. The Balaban J connectivity index is 3.14. The van der Waals surface area contributed by atoms with E-state index in [-0.39, 0.29) is 5.75 Å². The fraction of sp³-hybridized carbons (Fsp3) is 0.111. The normalized spacial score (nSPS) is 11.6. The van der Waals surface area contributed by atoms with Gasteiger partial charge in [-0.15, -0.1) is 0 Å². The van der Waals surface area contributed by atoms with Crippen LogP contribution in [0.2, 0.25) is 0 Å². The topological polar surface area (TPSA) is 20.2 Å². The largest absolute Gasteiger partial charge is 0.507 e. The van der Waals surface area contributed by atoms with Crippen LogP contribution < -0.4 is 0 Å². The number of phenolic OH excluding ortho intramolecular Hbond substituents is 1. The summed E-state index contributed by atoms with van der Waals surface area (Å²) in [6.45, 7) is 1.85. The Morgan fingerprint density at radius 3 is 2.64 bits per heavy atom. The summed E-state index contributed by atoms with van der Waals surface area (Å²) in [5.74, 6) is 0.266. The quantitative estimate of drug-likeness (QED) is 0.684. The van der Waals surface area contributed by atoms with Crippen molar-refractivity contribution in [3.8, 4) is 5.75 Å². The monoisotopic (exact) mass is 168 g/mol. The lowest BCUT2D eigenvalue weighted by Gasteiger charge is -2.01. The molecule has 0 aliphatic heterocycles. The zero-order chi connectivity index (χ0) is 8.27. The number of phenols is 1. The van der Waals surface area contributed by atoms with Crippen LogP contribution in [-0.2, 0) is 0 Å². The number of hydrogen-bond donors (Lipinski definition) is 1. The minimum absolute atomic E-state index is 0.266. The van der Waals surface area contributed by atoms with E-state index in [1.165, 1.54) is 5.54 Å². The van der Waals surface area contributed by atoms with Gasteiger partial charge in [0.25, 0.3) is 0 Å². The molecule has 0 bridgehead atoms. The summed E-state index contributed by atoms with van der Waals surface area (Å²) in [4.78, 5) is 0. The highest BCUT2D eigenvalue weighted by atomic mass is 35.5. The molecular weight excluding hydrogens is 160 g/mol. The highest BCUT2D eigenvalue weighted by Gasteiger charge is 1.99. The Hall–Kier alpha value is -0.950. The van der Waals surface area contributed by atoms with E-state index in [9.17, 15) is 5.11 Å². The van der Waals surface area contributed by atoms with Crippen molar-refractivity contribution in [1.82, 2.24) is 0 Å². The molecule has 1 aromatic rings. The van der Waals surface area contributed by atoms with Crippen molar-refractivity contribution >= 4 is 17.2 Å². The van der Waals surface area contributed by atoms with Crippen LogP contribution in [0.5, 0.6) is 5.75 Å². The number of aromatic hydroxyl groups is 1. The lowest BCUT2D eigenvalue weighted by atomic mass is 10.1. The molecule has 1 rings (SSSR count). The van der Waals surface area contributed by atoms with Gasteiger partial charge in [-0.2, -0.15) is 0 Å². The Labute approximate surface area is 70.9 Å². The van der Waals surface area contributed by atoms with Gasteiger partial charge in [0.15, 0.2) is 0 Å². The second kappa shape index (κ2) is 3.44. The molecule has 1 N–H and O–H groups in total. The van der Waals surface area contributed by atoms with Crippen LogP contribution in [0, 0.1) is 0 Å². The molecular formula is C9H9ClO. The molecule has 0 fully saturated rings. The SMILES string of the molecule is C/C(=C/Cl)c1ccccc1O. The first kappa shape index (κ1) is 8.15. The minimum atomic E-state index is 0.266. The van der Waals surface area contributed by atoms with Crippen LogP contribution in [0.15, 0.2) is 29.8 Å². The van der Waals surface area contributed by atoms with E-state index in [0.29, 0.717) is 0 Å². The second-order valence-corrected chi connectivity index (χ2v) is 2.53. The Morgan fingerprint density at radius 1 is 1.45 bits per heavy atom. The Bertz CT molecular complexity index is 279. The number of rotatable bonds is 1. The number of allylic oxidation sites excluding steroid dienone is 1. The van der Waals surface area contributed by atoms with Gasteiger partial charge >= 0.3 is 0 Å². The van der Waals surface area contributed by atoms with E-state index < -0.39 is 0 Å². The smallest absolute Gasteiger partial charge is 0.123 e. The first-order valence-corrected chi connectivity index (χ1v) is 3.74. The van der Waals surface area contributed by atoms with Crippen LogP contribution in [0.3, 0.4) is 0 Å². The maximum atomic E-state index is 9.31. The van der Waals surface area contributed by atoms with Gasteiger partial charge in [-0.25, -0.2) is 0 Å². The van der Waals surface area contributed by atoms with Gasteiger partial charge in [-0.3, -0.25) is 0 Å². The van der Waals surface area contributed by atoms with E-state index in [0.717, 1.165) is 11.1 Å². The van der Waals surface area contributed by atoms with Crippen molar-refractivity contribution in [2.45, 2.75) is 6.92 Å². The average Bonchev–Trinajstić information content (AvgIpc) is 2.04. The van der Waals surface area contributed by atoms with Crippen LogP contribution >= 0.6 is 11.6 Å². The summed E-state index contributed by atoms with van der Waals surface area (Å²) < 4.78 is 0. The van der Waals surface area contributed by atoms with E-state index >= 15 is 0 Å². The number of halogens is 1. The van der Waals surface area contributed by atoms with Crippen molar-refractivity contribution in [1.29, 1.82) is 0 Å². The van der Waals surface area contributed by atoms with E-state index in [4.69, 9.17) is 11.6 Å². The van der Waals surface area contributed by atoms with Crippen LogP contribution in [0.1, 0.15) is 12.5 Å². The molecule has 0 saturated heterocycles. The zero-order valence-corrected chi connectivity index (χ0v) is 6.97. The van der Waals surface area contributed by atoms with E-state index in [2.05, 4.69) is 0 Å². The van der Waals surface area contributed by atoms with Gasteiger partial charge < -0.3 is 5.11 Å². The molecule has 1 nitrogen and oxygen atoms in total. The highest BCUT2D eigenvalue weighted by Crippen LogP contribution is 2.24. The third kappa shape index (κ3) is 1.75. The van der Waals surface area contributed by atoms with E-state index in [1.54, 1.807) is 12.1 Å². The second-order valence-electron chi connectivity index (χ2n) is 2.31. The molecule has 0 amide bonds. The van der Waals surface area contributed by atoms with Crippen LogP contribution in [0.4, 0.5) is 0 Å². The fourth-order valence-electron chi connectivity index (χ4n) is 0.866. The van der Waals surface area contributed by atoms with Crippen molar-refractivity contribution in [2.24, 2.45) is 0 Å². The van der Waals surface area contributed by atoms with Gasteiger partial charge in [-0.05, 0) is 18.6 Å². The molecule has 0 aromatic heterocycles. The van der Waals surface area contributed by atoms with Crippen LogP contribution in [0.25, 0.3) is 5.57 Å². The Kier molecular flexibility index (Phi) is 2.55. The molecule has 0 atom stereocenters. The average molecular weight is 169 g/mol. The van der Waals surface area contributed by atoms with Gasteiger partial charge in [0, 0.05) is 11.1 Å². The fourth-order valence-corrected chi connectivity index (χ4v) is 0.983. The minimum Gasteiger partial charge on any atom is -0.507 e. The molecule has 0 spiro atoms. The molecule has 0 aliphatic carbocycles.